The molecule has 1 N–H and O–H groups in total. The first-order valence-electron chi connectivity index (χ1n) is 8.24. The van der Waals surface area contributed by atoms with Crippen LogP contribution in [0.15, 0.2) is 5.38 Å². The number of aryl methyl sites for hydroxylation is 1. The van der Waals surface area contributed by atoms with Gasteiger partial charge in [0.15, 0.2) is 0 Å². The Morgan fingerprint density at radius 1 is 1.35 bits per heavy atom. The summed E-state index contributed by atoms with van der Waals surface area (Å²) in [5.74, 6) is 0.753. The van der Waals surface area contributed by atoms with Crippen molar-refractivity contribution >= 4 is 42.1 Å². The van der Waals surface area contributed by atoms with Gasteiger partial charge < -0.3 is 10.2 Å². The van der Waals surface area contributed by atoms with Crippen LogP contribution in [0.4, 0.5) is 0 Å². The largest absolute Gasteiger partial charge is 0.341 e. The van der Waals surface area contributed by atoms with E-state index in [2.05, 4.69) is 22.5 Å². The van der Waals surface area contributed by atoms with Crippen LogP contribution in [-0.2, 0) is 11.2 Å². The molecule has 23 heavy (non-hydrogen) atoms. The summed E-state index contributed by atoms with van der Waals surface area (Å²) < 4.78 is 0. The molecule has 7 heteroatoms. The summed E-state index contributed by atoms with van der Waals surface area (Å²) in [7, 11) is 0. The lowest BCUT2D eigenvalue weighted by atomic mass is 9.96. The highest BCUT2D eigenvalue weighted by Gasteiger charge is 2.31. The van der Waals surface area contributed by atoms with E-state index in [1.807, 2.05) is 0 Å². The predicted octanol–water partition coefficient (Wildman–Crippen LogP) is 3.40. The number of carbonyl (C=O) groups excluding carboxylic acids is 1. The maximum absolute atomic E-state index is 12.6. The number of halogens is 2. The molecule has 0 radical (unpaired) electrons. The Bertz CT molecular complexity index is 491. The summed E-state index contributed by atoms with van der Waals surface area (Å²) in [4.78, 5) is 19.4. The number of aromatic nitrogens is 1. The van der Waals surface area contributed by atoms with E-state index in [1.165, 1.54) is 30.0 Å². The van der Waals surface area contributed by atoms with Gasteiger partial charge in [0.1, 0.15) is 0 Å². The van der Waals surface area contributed by atoms with Gasteiger partial charge >= 0.3 is 0 Å². The first-order chi connectivity index (χ1) is 10.3. The molecule has 3 heterocycles. The second-order valence-corrected chi connectivity index (χ2v) is 7.05. The van der Waals surface area contributed by atoms with Gasteiger partial charge in [0.2, 0.25) is 5.91 Å². The number of nitrogens with one attached hydrogen (secondary N) is 1. The van der Waals surface area contributed by atoms with Gasteiger partial charge in [-0.05, 0) is 38.6 Å². The van der Waals surface area contributed by atoms with Crippen molar-refractivity contribution in [3.8, 4) is 0 Å². The Kier molecular flexibility index (Phi) is 8.83. The zero-order valence-electron chi connectivity index (χ0n) is 13.6. The number of amides is 1. The van der Waals surface area contributed by atoms with E-state index in [-0.39, 0.29) is 30.9 Å². The molecular formula is C16H27Cl2N3OS. The highest BCUT2D eigenvalue weighted by atomic mass is 35.5. The van der Waals surface area contributed by atoms with E-state index in [9.17, 15) is 4.79 Å². The maximum atomic E-state index is 12.6. The van der Waals surface area contributed by atoms with Gasteiger partial charge in [-0.15, -0.1) is 36.2 Å². The Labute approximate surface area is 155 Å². The van der Waals surface area contributed by atoms with Crippen LogP contribution >= 0.6 is 36.2 Å². The molecule has 1 aromatic heterocycles. The van der Waals surface area contributed by atoms with Crippen LogP contribution in [-0.4, -0.2) is 41.5 Å². The molecule has 2 saturated heterocycles. The van der Waals surface area contributed by atoms with Gasteiger partial charge in [0.05, 0.1) is 16.7 Å². The number of likely N-dealkylation sites (tertiary alicyclic amines) is 1. The molecule has 1 unspecified atom stereocenters. The number of rotatable bonds is 3. The summed E-state index contributed by atoms with van der Waals surface area (Å²) in [5.41, 5.74) is 1.19. The number of hydrogen-bond acceptors (Lipinski definition) is 4. The Morgan fingerprint density at radius 3 is 2.83 bits per heavy atom. The summed E-state index contributed by atoms with van der Waals surface area (Å²) >= 11 is 1.77. The smallest absolute Gasteiger partial charge is 0.239 e. The molecule has 2 fully saturated rings. The lowest BCUT2D eigenvalue weighted by Crippen LogP contribution is -2.51. The molecule has 0 aliphatic carbocycles. The van der Waals surface area contributed by atoms with Crippen LogP contribution in [0, 0.1) is 0 Å². The standard InChI is InChI=1S/C16H25N3OS.2ClH/c1-2-13-11-21-15(18-13)12-6-5-9-19(10-12)16(20)14-7-3-4-8-17-14;;/h11-12,14,17H,2-10H2,1H3;2*1H/t12?,14-;;/m1../s1. The van der Waals surface area contributed by atoms with Gasteiger partial charge in [0, 0.05) is 24.4 Å². The van der Waals surface area contributed by atoms with E-state index < -0.39 is 0 Å². The Hall–Kier alpha value is -0.360. The lowest BCUT2D eigenvalue weighted by Gasteiger charge is -2.35. The quantitative estimate of drug-likeness (QED) is 0.874. The second kappa shape index (κ2) is 9.82. The van der Waals surface area contributed by atoms with Gasteiger partial charge in [-0.1, -0.05) is 13.3 Å². The van der Waals surface area contributed by atoms with Crippen LogP contribution in [0.3, 0.4) is 0 Å². The molecule has 0 spiro atoms. The summed E-state index contributed by atoms with van der Waals surface area (Å²) in [6, 6.07) is 0.0556. The van der Waals surface area contributed by atoms with Crippen molar-refractivity contribution in [3.63, 3.8) is 0 Å². The number of nitrogens with zero attached hydrogens (tertiary/aromatic N) is 2. The summed E-state index contributed by atoms with van der Waals surface area (Å²) in [6.45, 7) is 4.90. The van der Waals surface area contributed by atoms with Gasteiger partial charge in [0.25, 0.3) is 0 Å². The van der Waals surface area contributed by atoms with Crippen LogP contribution in [0.5, 0.6) is 0 Å². The minimum absolute atomic E-state index is 0. The average Bonchev–Trinajstić information content (AvgIpc) is 3.04. The number of carbonyl (C=O) groups is 1. The maximum Gasteiger partial charge on any atom is 0.239 e. The Morgan fingerprint density at radius 2 is 2.17 bits per heavy atom. The third-order valence-electron chi connectivity index (χ3n) is 4.62. The van der Waals surface area contributed by atoms with E-state index >= 15 is 0 Å². The highest BCUT2D eigenvalue weighted by Crippen LogP contribution is 2.30. The number of thiazole rings is 1. The predicted molar refractivity (Wildman–Crippen MR) is 100 cm³/mol. The van der Waals surface area contributed by atoms with Crippen molar-refractivity contribution in [1.82, 2.24) is 15.2 Å². The molecule has 2 atom stereocenters. The van der Waals surface area contributed by atoms with Crippen LogP contribution < -0.4 is 5.32 Å². The van der Waals surface area contributed by atoms with Crippen molar-refractivity contribution in [3.05, 3.63) is 16.1 Å². The minimum Gasteiger partial charge on any atom is -0.341 e. The topological polar surface area (TPSA) is 45.2 Å². The monoisotopic (exact) mass is 379 g/mol. The van der Waals surface area contributed by atoms with Crippen LogP contribution in [0.1, 0.15) is 55.6 Å². The van der Waals surface area contributed by atoms with Crippen LogP contribution in [0.25, 0.3) is 0 Å². The summed E-state index contributed by atoms with van der Waals surface area (Å²) in [5, 5.41) is 6.77. The average molecular weight is 380 g/mol. The third kappa shape index (κ3) is 5.05. The van der Waals surface area contributed by atoms with Gasteiger partial charge in [-0.25, -0.2) is 4.98 Å². The van der Waals surface area contributed by atoms with E-state index in [1.54, 1.807) is 11.3 Å². The molecule has 0 aromatic carbocycles. The third-order valence-corrected chi connectivity index (χ3v) is 5.68. The second-order valence-electron chi connectivity index (χ2n) is 6.16. The molecule has 0 saturated carbocycles. The zero-order valence-corrected chi connectivity index (χ0v) is 16.1. The first-order valence-corrected chi connectivity index (χ1v) is 9.12. The van der Waals surface area contributed by atoms with Gasteiger partial charge in [-0.2, -0.15) is 0 Å². The fraction of sp³-hybridized carbons (Fsp3) is 0.750. The summed E-state index contributed by atoms with van der Waals surface area (Å²) in [6.07, 6.45) is 6.64. The molecule has 1 amide bonds. The first kappa shape index (κ1) is 20.7. The van der Waals surface area contributed by atoms with Crippen molar-refractivity contribution in [2.24, 2.45) is 0 Å². The molecule has 132 valence electrons. The van der Waals surface area contributed by atoms with Crippen molar-refractivity contribution in [2.45, 2.75) is 57.4 Å². The number of hydrogen-bond donors (Lipinski definition) is 1. The minimum atomic E-state index is 0. The van der Waals surface area contributed by atoms with E-state index in [0.29, 0.717) is 11.8 Å². The zero-order chi connectivity index (χ0) is 14.7. The number of piperidine rings is 2. The van der Waals surface area contributed by atoms with Gasteiger partial charge in [-0.3, -0.25) is 4.79 Å². The molecule has 2 aliphatic rings. The van der Waals surface area contributed by atoms with Crippen molar-refractivity contribution in [1.29, 1.82) is 0 Å². The molecule has 2 aliphatic heterocycles. The molecular weight excluding hydrogens is 353 g/mol. The van der Waals surface area contributed by atoms with Crippen molar-refractivity contribution in [2.75, 3.05) is 19.6 Å². The fourth-order valence-electron chi connectivity index (χ4n) is 3.33. The molecule has 1 aromatic rings. The molecule has 3 rings (SSSR count). The normalized spacial score (nSPS) is 24.5. The van der Waals surface area contributed by atoms with E-state index in [4.69, 9.17) is 4.98 Å². The molecule has 0 bridgehead atoms. The van der Waals surface area contributed by atoms with Crippen molar-refractivity contribution < 1.29 is 4.79 Å². The fourth-order valence-corrected chi connectivity index (χ4v) is 4.37. The Balaban J connectivity index is 0.00000132. The van der Waals surface area contributed by atoms with E-state index in [0.717, 1.165) is 38.9 Å². The van der Waals surface area contributed by atoms with Crippen LogP contribution in [0.2, 0.25) is 0 Å². The highest BCUT2D eigenvalue weighted by molar-refractivity contribution is 7.09. The lowest BCUT2D eigenvalue weighted by molar-refractivity contribution is -0.135. The molecule has 4 nitrogen and oxygen atoms in total. The SMILES string of the molecule is CCc1csc(C2CCCN(C(=O)[C@H]3CCCCN3)C2)n1.Cl.Cl.